The van der Waals surface area contributed by atoms with Gasteiger partial charge in [0.25, 0.3) is 0 Å². The molecule has 143 valence electrons. The molecule has 1 aromatic rings. The number of fused-ring (bicyclic) bond motifs is 2. The molecule has 0 spiro atoms. The van der Waals surface area contributed by atoms with Crippen LogP contribution in [0.5, 0.6) is 0 Å². The smallest absolute Gasteiger partial charge is 0.307 e. The molecule has 1 heterocycles. The monoisotopic (exact) mass is 416 g/mol. The van der Waals surface area contributed by atoms with Crippen molar-refractivity contribution in [1.82, 2.24) is 9.62 Å². The number of hydrogen-bond acceptors (Lipinski definition) is 4. The molecule has 1 aliphatic heterocycles. The van der Waals surface area contributed by atoms with E-state index in [-0.39, 0.29) is 57.1 Å². The van der Waals surface area contributed by atoms with Crippen LogP contribution in [0.25, 0.3) is 0 Å². The zero-order valence-electron chi connectivity index (χ0n) is 16.1. The van der Waals surface area contributed by atoms with E-state index >= 15 is 0 Å². The van der Waals surface area contributed by atoms with Gasteiger partial charge >= 0.3 is 6.03 Å². The van der Waals surface area contributed by atoms with Crippen molar-refractivity contribution < 1.29 is 13.2 Å². The summed E-state index contributed by atoms with van der Waals surface area (Å²) in [7, 11) is -3.62. The molecule has 3 aliphatic rings. The van der Waals surface area contributed by atoms with Gasteiger partial charge in [0.1, 0.15) is 0 Å². The van der Waals surface area contributed by atoms with Crippen LogP contribution in [0.3, 0.4) is 0 Å². The topological polar surface area (TPSA) is 78.5 Å². The summed E-state index contributed by atoms with van der Waals surface area (Å²) in [6.07, 6.45) is 8.46. The van der Waals surface area contributed by atoms with Gasteiger partial charge in [-0.3, -0.25) is 0 Å². The Morgan fingerprint density at radius 3 is 2.15 bits per heavy atom. The van der Waals surface area contributed by atoms with E-state index in [1.807, 2.05) is 0 Å². The molecule has 2 aliphatic carbocycles. The average molecular weight is 417 g/mol. The van der Waals surface area contributed by atoms with Gasteiger partial charge in [-0.05, 0) is 86.7 Å². The predicted molar refractivity (Wildman–Crippen MR) is 108 cm³/mol. The number of rotatable bonds is 5. The molecule has 0 unspecified atom stereocenters. The molecular weight excluding hydrogens is 389 g/mol. The molecule has 1 radical (unpaired) electrons. The Morgan fingerprint density at radius 2 is 1.56 bits per heavy atom. The van der Waals surface area contributed by atoms with Crippen LogP contribution in [0.15, 0.2) is 6.07 Å². The second kappa shape index (κ2) is 9.24. The number of nitrogens with one attached hydrogen (secondary N) is 2. The number of carbonyl (C=O) groups is 1. The van der Waals surface area contributed by atoms with Crippen molar-refractivity contribution >= 4 is 73.1 Å². The van der Waals surface area contributed by atoms with E-state index in [1.165, 1.54) is 22.3 Å². The second-order valence-electron chi connectivity index (χ2n) is 7.66. The molecule has 8 heteroatoms. The van der Waals surface area contributed by atoms with Crippen LogP contribution in [0.4, 0.5) is 10.5 Å². The van der Waals surface area contributed by atoms with E-state index in [4.69, 9.17) is 0 Å². The normalized spacial score (nSPS) is 18.7. The molecule has 27 heavy (non-hydrogen) atoms. The predicted octanol–water partition coefficient (Wildman–Crippen LogP) is 1.83. The fourth-order valence-corrected chi connectivity index (χ4v) is 5.49. The van der Waals surface area contributed by atoms with Crippen LogP contribution in [0.1, 0.15) is 47.9 Å². The number of nitrogens with zero attached hydrogens (tertiary/aromatic N) is 1. The van der Waals surface area contributed by atoms with Gasteiger partial charge in [0.2, 0.25) is 10.0 Å². The van der Waals surface area contributed by atoms with Gasteiger partial charge in [-0.1, -0.05) is 6.07 Å². The zero-order chi connectivity index (χ0) is 18.1. The molecule has 0 aromatic heterocycles. The summed E-state index contributed by atoms with van der Waals surface area (Å²) in [4.78, 5) is 14.5. The fourth-order valence-electron chi connectivity index (χ4n) is 4.55. The number of anilines is 1. The zero-order valence-corrected chi connectivity index (χ0v) is 20.1. The molecule has 1 aromatic carbocycles. The molecule has 0 atom stereocenters. The Labute approximate surface area is 204 Å². The first-order valence-electron chi connectivity index (χ1n) is 9.72. The van der Waals surface area contributed by atoms with Crippen LogP contribution in [0, 0.1) is 0 Å². The minimum Gasteiger partial charge on any atom is -0.307 e. The number of sulfonamides is 1. The Morgan fingerprint density at radius 1 is 0.963 bits per heavy atom. The summed E-state index contributed by atoms with van der Waals surface area (Å²) in [6, 6.07) is 1.67. The van der Waals surface area contributed by atoms with E-state index in [0.717, 1.165) is 70.1 Å². The number of benzene rings is 1. The van der Waals surface area contributed by atoms with E-state index in [2.05, 4.69) is 21.0 Å². The maximum Gasteiger partial charge on any atom is 0.332 e. The third-order valence-electron chi connectivity index (χ3n) is 5.83. The van der Waals surface area contributed by atoms with Crippen molar-refractivity contribution in [3.8, 4) is 0 Å². The summed E-state index contributed by atoms with van der Waals surface area (Å²) >= 11 is 0. The molecule has 0 saturated carbocycles. The van der Waals surface area contributed by atoms with Gasteiger partial charge in [-0.2, -0.15) is 0 Å². The minimum atomic E-state index is -3.62. The van der Waals surface area contributed by atoms with Crippen LogP contribution in [0.2, 0.25) is 0 Å². The summed E-state index contributed by atoms with van der Waals surface area (Å²) < 4.78 is 26.7. The molecule has 0 bridgehead atoms. The van der Waals surface area contributed by atoms with Crippen LogP contribution < -0.4 is 10.0 Å². The van der Waals surface area contributed by atoms with Gasteiger partial charge in [-0.15, -0.1) is 0 Å². The Balaban J connectivity index is 0.00000210. The average Bonchev–Trinajstić information content (AvgIpc) is 3.33. The first kappa shape index (κ1) is 21.7. The van der Waals surface area contributed by atoms with Crippen molar-refractivity contribution in [3.63, 3.8) is 0 Å². The van der Waals surface area contributed by atoms with Crippen molar-refractivity contribution in [2.45, 2.75) is 51.4 Å². The van der Waals surface area contributed by atoms with Crippen molar-refractivity contribution in [2.24, 2.45) is 0 Å². The fraction of sp³-hybridized carbons (Fsp3) is 0.632. The van der Waals surface area contributed by atoms with Gasteiger partial charge in [0, 0.05) is 63.6 Å². The van der Waals surface area contributed by atoms with E-state index in [1.54, 1.807) is 0 Å². The summed E-state index contributed by atoms with van der Waals surface area (Å²) in [5, 5.41) is 2.88. The quantitative estimate of drug-likeness (QED) is 0.718. The van der Waals surface area contributed by atoms with Crippen LogP contribution >= 0.6 is 0 Å². The number of carbonyl (C=O) groups excluding carboxylic acids is 1. The SMILES string of the molecule is O=C(Nc1c2c(cc3c1CCC3)CCC2)NS(=O)(=O)CCN1CCCC1.[K]. The van der Waals surface area contributed by atoms with E-state index in [9.17, 15) is 13.2 Å². The molecule has 1 saturated heterocycles. The minimum absolute atomic E-state index is 0. The van der Waals surface area contributed by atoms with Crippen molar-refractivity contribution in [2.75, 3.05) is 30.7 Å². The second-order valence-corrected chi connectivity index (χ2v) is 9.50. The third-order valence-corrected chi connectivity index (χ3v) is 7.05. The van der Waals surface area contributed by atoms with Gasteiger partial charge in [0.05, 0.1) is 5.75 Å². The largest absolute Gasteiger partial charge is 0.332 e. The Bertz CT molecular complexity index is 788. The number of amides is 2. The Hall–Kier alpha value is 0.0364. The first-order chi connectivity index (χ1) is 12.5. The maximum atomic E-state index is 12.4. The first-order valence-corrected chi connectivity index (χ1v) is 11.4. The third kappa shape index (κ3) is 5.15. The summed E-state index contributed by atoms with van der Waals surface area (Å²) in [6.45, 7) is 2.38. The molecule has 4 rings (SSSR count). The van der Waals surface area contributed by atoms with Gasteiger partial charge in [-0.25, -0.2) is 17.9 Å². The van der Waals surface area contributed by atoms with E-state index < -0.39 is 16.1 Å². The number of likely N-dealkylation sites (tertiary alicyclic amines) is 1. The number of hydrogen-bond donors (Lipinski definition) is 2. The summed E-state index contributed by atoms with van der Waals surface area (Å²) in [5.74, 6) is -0.0363. The van der Waals surface area contributed by atoms with Gasteiger partial charge in [0.15, 0.2) is 0 Å². The maximum absolute atomic E-state index is 12.4. The number of aryl methyl sites for hydroxylation is 2. The molecule has 2 N–H and O–H groups in total. The standard InChI is InChI=1S/C19H27N3O3S.K/c23-19(21-26(24,25)12-11-22-9-1-2-10-22)20-18-16-7-3-5-14(16)13-15-6-4-8-17(15)18;/h13H,1-12H2,(H2,20,21,23);. The molecule has 6 nitrogen and oxygen atoms in total. The van der Waals surface area contributed by atoms with Crippen LogP contribution in [-0.4, -0.2) is 96.1 Å². The Kier molecular flexibility index (Phi) is 7.44. The van der Waals surface area contributed by atoms with Crippen molar-refractivity contribution in [3.05, 3.63) is 28.3 Å². The molecule has 1 fully saturated rings. The number of urea groups is 1. The molecule has 2 amide bonds. The summed E-state index contributed by atoms with van der Waals surface area (Å²) in [5.41, 5.74) is 5.92. The van der Waals surface area contributed by atoms with Gasteiger partial charge < -0.3 is 10.2 Å². The molecular formula is C19H27KN3O3S. The van der Waals surface area contributed by atoms with Crippen LogP contribution in [-0.2, 0) is 35.7 Å². The van der Waals surface area contributed by atoms with Crippen molar-refractivity contribution in [1.29, 1.82) is 0 Å². The van der Waals surface area contributed by atoms with E-state index in [0.29, 0.717) is 6.54 Å².